The number of carbonyl (C=O) groups excluding carboxylic acids is 2. The van der Waals surface area contributed by atoms with Crippen LogP contribution in [0.25, 0.3) is 5.57 Å². The van der Waals surface area contributed by atoms with Crippen LogP contribution in [0.2, 0.25) is 0 Å². The van der Waals surface area contributed by atoms with Crippen LogP contribution in [0.5, 0.6) is 5.75 Å². The lowest BCUT2D eigenvalue weighted by Gasteiger charge is -2.21. The van der Waals surface area contributed by atoms with Gasteiger partial charge in [-0.15, -0.1) is 0 Å². The lowest BCUT2D eigenvalue weighted by atomic mass is 9.85. The van der Waals surface area contributed by atoms with Gasteiger partial charge >= 0.3 is 0 Å². The predicted molar refractivity (Wildman–Crippen MR) is 134 cm³/mol. The Morgan fingerprint density at radius 1 is 0.833 bits per heavy atom. The number of rotatable bonds is 5. The summed E-state index contributed by atoms with van der Waals surface area (Å²) in [4.78, 5) is 39.7. The molecule has 2 bridgehead atoms. The normalized spacial score (nSPS) is 23.8. The molecule has 1 saturated carbocycles. The predicted octanol–water partition coefficient (Wildman–Crippen LogP) is 5.03. The summed E-state index contributed by atoms with van der Waals surface area (Å²) >= 11 is 0. The van der Waals surface area contributed by atoms with E-state index in [0.717, 1.165) is 27.2 Å². The van der Waals surface area contributed by atoms with Crippen LogP contribution in [-0.2, 0) is 9.59 Å². The topological polar surface area (TPSA) is 89.8 Å². The van der Waals surface area contributed by atoms with Crippen molar-refractivity contribution in [1.29, 1.82) is 0 Å². The zero-order chi connectivity index (χ0) is 25.0. The monoisotopic (exact) mass is 478 g/mol. The number of allylic oxidation sites excluding steroid dienone is 3. The third-order valence-corrected chi connectivity index (χ3v) is 7.45. The number of amides is 2. The number of carbonyl (C=O) groups is 2. The summed E-state index contributed by atoms with van der Waals surface area (Å²) in [6.45, 7) is 0. The second kappa shape index (κ2) is 8.30. The number of methoxy groups -OCH3 is 1. The van der Waals surface area contributed by atoms with Crippen molar-refractivity contribution in [3.63, 3.8) is 0 Å². The van der Waals surface area contributed by atoms with Gasteiger partial charge in [-0.05, 0) is 34.4 Å². The number of nitrogens with zero attached hydrogens (tertiary/aromatic N) is 2. The van der Waals surface area contributed by atoms with Gasteiger partial charge in [0, 0.05) is 11.8 Å². The minimum atomic E-state index is -0.591. The molecular formula is C29H22N2O5. The molecule has 4 atom stereocenters. The third kappa shape index (κ3) is 3.12. The van der Waals surface area contributed by atoms with Gasteiger partial charge in [0.1, 0.15) is 11.4 Å². The van der Waals surface area contributed by atoms with Crippen LogP contribution in [0, 0.1) is 33.8 Å². The van der Waals surface area contributed by atoms with E-state index in [1.807, 2.05) is 72.8 Å². The van der Waals surface area contributed by atoms with E-state index in [0.29, 0.717) is 0 Å². The average molecular weight is 479 g/mol. The van der Waals surface area contributed by atoms with Gasteiger partial charge in [0.25, 0.3) is 5.69 Å². The van der Waals surface area contributed by atoms with Gasteiger partial charge in [-0.25, -0.2) is 4.90 Å². The van der Waals surface area contributed by atoms with Crippen molar-refractivity contribution in [2.24, 2.45) is 23.7 Å². The van der Waals surface area contributed by atoms with Crippen LogP contribution in [0.3, 0.4) is 0 Å². The molecule has 0 aromatic heterocycles. The van der Waals surface area contributed by atoms with Crippen LogP contribution >= 0.6 is 0 Å². The summed E-state index contributed by atoms with van der Waals surface area (Å²) in [5, 5.41) is 11.8. The van der Waals surface area contributed by atoms with Crippen molar-refractivity contribution in [2.45, 2.75) is 0 Å². The van der Waals surface area contributed by atoms with Crippen molar-refractivity contribution in [3.05, 3.63) is 118 Å². The number of benzene rings is 3. The minimum Gasteiger partial charge on any atom is -0.496 e. The van der Waals surface area contributed by atoms with E-state index in [-0.39, 0.29) is 29.0 Å². The van der Waals surface area contributed by atoms with E-state index in [1.54, 1.807) is 0 Å². The molecule has 178 valence electrons. The standard InChI is InChI=1S/C29H22N2O5/c1-36-19-12-15-22(23(16-19)31(34)35)30-28(32)26-20-13-14-21(27(26)29(30)33)25(20)24(17-8-4-2-5-9-17)18-10-6-3-7-11-18/h2-16,20-21,26-27H,1H3/t20-,21-,26-,27+/m0/s1. The fourth-order valence-corrected chi connectivity index (χ4v) is 6.01. The number of nitro benzene ring substituents is 1. The van der Waals surface area contributed by atoms with E-state index >= 15 is 0 Å². The van der Waals surface area contributed by atoms with E-state index in [9.17, 15) is 19.7 Å². The smallest absolute Gasteiger partial charge is 0.297 e. The Morgan fingerprint density at radius 3 is 1.83 bits per heavy atom. The Hall–Kier alpha value is -4.52. The molecule has 0 unspecified atom stereocenters. The molecule has 7 nitrogen and oxygen atoms in total. The number of nitro groups is 1. The Kier molecular flexibility index (Phi) is 5.07. The van der Waals surface area contributed by atoms with Crippen LogP contribution < -0.4 is 9.64 Å². The number of hydrogen-bond acceptors (Lipinski definition) is 5. The van der Waals surface area contributed by atoms with Crippen molar-refractivity contribution in [1.82, 2.24) is 0 Å². The SMILES string of the molecule is COc1ccc(N2C(=O)[C@@H]3[C@H](C2=O)[C@H]2C=C[C@H]3C2=C(c2ccccc2)c2ccccc2)c([N+](=O)[O-])c1. The zero-order valence-electron chi connectivity index (χ0n) is 19.4. The Bertz CT molecular complexity index is 1390. The summed E-state index contributed by atoms with van der Waals surface area (Å²) in [7, 11) is 1.41. The molecule has 0 radical (unpaired) electrons. The Morgan fingerprint density at radius 2 is 1.36 bits per heavy atom. The number of hydrogen-bond donors (Lipinski definition) is 0. The first-order valence-corrected chi connectivity index (χ1v) is 11.7. The first kappa shape index (κ1) is 22.0. The summed E-state index contributed by atoms with van der Waals surface area (Å²) in [5.41, 5.74) is 3.81. The number of ether oxygens (including phenoxy) is 1. The number of anilines is 1. The maximum absolute atomic E-state index is 13.8. The highest BCUT2D eigenvalue weighted by atomic mass is 16.6. The molecule has 2 fully saturated rings. The molecule has 6 rings (SSSR count). The zero-order valence-corrected chi connectivity index (χ0v) is 19.4. The van der Waals surface area contributed by atoms with Crippen LogP contribution in [0.15, 0.2) is 96.6 Å². The quantitative estimate of drug-likeness (QED) is 0.222. The van der Waals surface area contributed by atoms with Gasteiger partial charge in [0.05, 0.1) is 29.9 Å². The lowest BCUT2D eigenvalue weighted by molar-refractivity contribution is -0.384. The van der Waals surface area contributed by atoms with E-state index in [2.05, 4.69) is 0 Å². The third-order valence-electron chi connectivity index (χ3n) is 7.45. The molecule has 0 spiro atoms. The summed E-state index contributed by atoms with van der Waals surface area (Å²) in [6, 6.07) is 24.2. The van der Waals surface area contributed by atoms with Gasteiger partial charge in [-0.1, -0.05) is 72.8 Å². The molecule has 3 aliphatic rings. The van der Waals surface area contributed by atoms with E-state index in [1.165, 1.54) is 25.3 Å². The van der Waals surface area contributed by atoms with Gasteiger partial charge < -0.3 is 4.74 Å². The highest BCUT2D eigenvalue weighted by molar-refractivity contribution is 6.24. The molecule has 1 saturated heterocycles. The molecule has 3 aromatic carbocycles. The molecule has 7 heteroatoms. The Balaban J connectivity index is 1.47. The van der Waals surface area contributed by atoms with Gasteiger partial charge in [-0.2, -0.15) is 0 Å². The molecule has 36 heavy (non-hydrogen) atoms. The maximum atomic E-state index is 13.8. The molecule has 0 N–H and O–H groups in total. The van der Waals surface area contributed by atoms with Crippen LogP contribution in [-0.4, -0.2) is 23.8 Å². The second-order valence-electron chi connectivity index (χ2n) is 9.17. The first-order valence-electron chi connectivity index (χ1n) is 11.7. The average Bonchev–Trinajstić information content (AvgIpc) is 3.54. The fraction of sp³-hybridized carbons (Fsp3) is 0.172. The van der Waals surface area contributed by atoms with Crippen LogP contribution in [0.1, 0.15) is 11.1 Å². The van der Waals surface area contributed by atoms with Gasteiger partial charge in [0.2, 0.25) is 11.8 Å². The molecule has 2 aliphatic carbocycles. The highest BCUT2D eigenvalue weighted by Gasteiger charge is 2.63. The largest absolute Gasteiger partial charge is 0.496 e. The van der Waals surface area contributed by atoms with Gasteiger partial charge in [0.15, 0.2) is 0 Å². The fourth-order valence-electron chi connectivity index (χ4n) is 6.01. The van der Waals surface area contributed by atoms with Gasteiger partial charge in [-0.3, -0.25) is 19.7 Å². The molecular weight excluding hydrogens is 456 g/mol. The second-order valence-corrected chi connectivity index (χ2v) is 9.17. The minimum absolute atomic E-state index is 0.0125. The molecule has 1 heterocycles. The summed E-state index contributed by atoms with van der Waals surface area (Å²) < 4.78 is 5.11. The molecule has 2 amide bonds. The van der Waals surface area contributed by atoms with Crippen molar-refractivity contribution < 1.29 is 19.2 Å². The van der Waals surface area contributed by atoms with Crippen molar-refractivity contribution >= 4 is 28.8 Å². The number of imide groups is 1. The van der Waals surface area contributed by atoms with Crippen molar-refractivity contribution in [3.8, 4) is 5.75 Å². The van der Waals surface area contributed by atoms with Crippen LogP contribution in [0.4, 0.5) is 11.4 Å². The number of fused-ring (bicyclic) bond motifs is 5. The first-order chi connectivity index (χ1) is 17.5. The highest BCUT2D eigenvalue weighted by Crippen LogP contribution is 2.59. The summed E-state index contributed by atoms with van der Waals surface area (Å²) in [5.74, 6) is -2.20. The van der Waals surface area contributed by atoms with E-state index in [4.69, 9.17) is 4.74 Å². The summed E-state index contributed by atoms with van der Waals surface area (Å²) in [6.07, 6.45) is 4.04. The maximum Gasteiger partial charge on any atom is 0.297 e. The molecule has 1 aliphatic heterocycles. The van der Waals surface area contributed by atoms with Crippen molar-refractivity contribution in [2.75, 3.05) is 12.0 Å². The van der Waals surface area contributed by atoms with E-state index < -0.39 is 28.6 Å². The lowest BCUT2D eigenvalue weighted by Crippen LogP contribution is -2.33. The molecule has 3 aromatic rings. The Labute approximate surface area is 207 Å².